The van der Waals surface area contributed by atoms with Gasteiger partial charge in [-0.3, -0.25) is 0 Å². The summed E-state index contributed by atoms with van der Waals surface area (Å²) < 4.78 is 1.34. The van der Waals surface area contributed by atoms with Gasteiger partial charge in [0.05, 0.1) is 6.04 Å². The fraction of sp³-hybridized carbons (Fsp3) is 0.286. The Morgan fingerprint density at radius 1 is 1.35 bits per heavy atom. The van der Waals surface area contributed by atoms with Gasteiger partial charge in [0, 0.05) is 0 Å². The summed E-state index contributed by atoms with van der Waals surface area (Å²) in [5.74, 6) is 1.19. The maximum Gasteiger partial charge on any atom is 0.200 e. The summed E-state index contributed by atoms with van der Waals surface area (Å²) in [6.07, 6.45) is 0. The van der Waals surface area contributed by atoms with Crippen molar-refractivity contribution in [2.75, 3.05) is 5.32 Å². The van der Waals surface area contributed by atoms with Gasteiger partial charge < -0.3 is 5.32 Å². The Bertz CT molecular complexity index is 612. The van der Waals surface area contributed by atoms with Gasteiger partial charge in [-0.15, -0.1) is 25.0 Å². The molecule has 2 N–H and O–H groups in total. The molecule has 86 valence electrons. The highest BCUT2D eigenvalue weighted by atomic mass is 15.6. The van der Waals surface area contributed by atoms with E-state index in [0.29, 0.717) is 17.3 Å². The largest absolute Gasteiger partial charge is 0.359 e. The number of H-pyrrole nitrogens is 1. The number of rotatable bonds is 3. The number of anilines is 1. The SMILES string of the molecule is CC(Nc1ccc2nnnn2n1)c1nn[nH]n1. The zero-order chi connectivity index (χ0) is 11.7. The zero-order valence-corrected chi connectivity index (χ0v) is 8.81. The molecule has 0 aliphatic rings. The smallest absolute Gasteiger partial charge is 0.200 e. The number of aromatic nitrogens is 9. The van der Waals surface area contributed by atoms with Gasteiger partial charge in [-0.05, 0) is 29.5 Å². The molecule has 1 atom stereocenters. The van der Waals surface area contributed by atoms with Crippen molar-refractivity contribution in [3.8, 4) is 0 Å². The molecule has 0 amide bonds. The molecule has 3 heterocycles. The molecule has 1 unspecified atom stereocenters. The minimum absolute atomic E-state index is 0.116. The van der Waals surface area contributed by atoms with Gasteiger partial charge in [0.2, 0.25) is 0 Å². The summed E-state index contributed by atoms with van der Waals surface area (Å²) in [5, 5.41) is 31.9. The molecule has 10 heteroatoms. The van der Waals surface area contributed by atoms with E-state index in [1.54, 1.807) is 12.1 Å². The topological polar surface area (TPSA) is 122 Å². The fourth-order valence-electron chi connectivity index (χ4n) is 1.37. The maximum atomic E-state index is 4.17. The first-order valence-corrected chi connectivity index (χ1v) is 4.88. The number of nitrogens with zero attached hydrogens (tertiary/aromatic N) is 8. The molecule has 0 aliphatic carbocycles. The summed E-state index contributed by atoms with van der Waals surface area (Å²) in [5.41, 5.74) is 0.586. The second-order valence-electron chi connectivity index (χ2n) is 3.38. The normalized spacial score (nSPS) is 12.8. The molecular formula is C7H8N10. The van der Waals surface area contributed by atoms with E-state index in [1.165, 1.54) is 4.63 Å². The van der Waals surface area contributed by atoms with E-state index in [0.717, 1.165) is 0 Å². The van der Waals surface area contributed by atoms with Crippen molar-refractivity contribution in [1.82, 2.24) is 45.9 Å². The Morgan fingerprint density at radius 2 is 2.29 bits per heavy atom. The third-order valence-corrected chi connectivity index (χ3v) is 2.18. The zero-order valence-electron chi connectivity index (χ0n) is 8.81. The number of hydrogen-bond donors (Lipinski definition) is 2. The minimum atomic E-state index is -0.116. The van der Waals surface area contributed by atoms with Crippen LogP contribution in [-0.2, 0) is 0 Å². The first kappa shape index (κ1) is 9.57. The molecule has 0 saturated carbocycles. The summed E-state index contributed by atoms with van der Waals surface area (Å²) in [4.78, 5) is 0. The van der Waals surface area contributed by atoms with Gasteiger partial charge in [-0.25, -0.2) is 0 Å². The molecule has 0 spiro atoms. The van der Waals surface area contributed by atoms with E-state index in [2.05, 4.69) is 46.6 Å². The Kier molecular flexibility index (Phi) is 2.10. The Balaban J connectivity index is 1.84. The van der Waals surface area contributed by atoms with E-state index in [9.17, 15) is 0 Å². The van der Waals surface area contributed by atoms with Gasteiger partial charge in [0.25, 0.3) is 0 Å². The van der Waals surface area contributed by atoms with Crippen LogP contribution in [0.1, 0.15) is 18.8 Å². The van der Waals surface area contributed by atoms with Crippen LogP contribution in [-0.4, -0.2) is 45.9 Å². The highest BCUT2D eigenvalue weighted by Crippen LogP contribution is 2.12. The number of aromatic amines is 1. The Morgan fingerprint density at radius 3 is 3.12 bits per heavy atom. The van der Waals surface area contributed by atoms with Gasteiger partial charge in [-0.1, -0.05) is 5.21 Å². The highest BCUT2D eigenvalue weighted by Gasteiger charge is 2.11. The number of hydrogen-bond acceptors (Lipinski definition) is 8. The van der Waals surface area contributed by atoms with Crippen molar-refractivity contribution in [2.45, 2.75) is 13.0 Å². The van der Waals surface area contributed by atoms with E-state index < -0.39 is 0 Å². The van der Waals surface area contributed by atoms with Gasteiger partial charge >= 0.3 is 0 Å². The van der Waals surface area contributed by atoms with E-state index in [1.807, 2.05) is 6.92 Å². The standard InChI is InChI=1S/C7H8N10/c1-4(7-10-13-14-11-7)8-5-2-3-6-9-15-16-17(6)12-5/h2-4H,1H3,(H,8,12)(H,10,11,13,14). The third kappa shape index (κ3) is 1.75. The van der Waals surface area contributed by atoms with Crippen LogP contribution < -0.4 is 5.32 Å². The van der Waals surface area contributed by atoms with Crippen molar-refractivity contribution in [3.63, 3.8) is 0 Å². The number of fused-ring (bicyclic) bond motifs is 1. The van der Waals surface area contributed by atoms with Crippen molar-refractivity contribution in [1.29, 1.82) is 0 Å². The molecule has 0 aliphatic heterocycles. The van der Waals surface area contributed by atoms with Crippen LogP contribution in [0.5, 0.6) is 0 Å². The quantitative estimate of drug-likeness (QED) is 0.602. The van der Waals surface area contributed by atoms with Gasteiger partial charge in [-0.2, -0.15) is 5.21 Å². The fourth-order valence-corrected chi connectivity index (χ4v) is 1.37. The van der Waals surface area contributed by atoms with Crippen LogP contribution in [0.2, 0.25) is 0 Å². The van der Waals surface area contributed by atoms with Crippen LogP contribution in [0, 0.1) is 0 Å². The summed E-state index contributed by atoms with van der Waals surface area (Å²) in [6, 6.07) is 3.43. The van der Waals surface area contributed by atoms with Crippen LogP contribution in [0.25, 0.3) is 5.65 Å². The molecule has 10 nitrogen and oxygen atoms in total. The molecule has 0 radical (unpaired) electrons. The molecule has 0 saturated heterocycles. The van der Waals surface area contributed by atoms with E-state index in [-0.39, 0.29) is 6.04 Å². The highest BCUT2D eigenvalue weighted by molar-refractivity contribution is 5.42. The Labute approximate surface area is 94.4 Å². The third-order valence-electron chi connectivity index (χ3n) is 2.18. The molecule has 3 rings (SSSR count). The van der Waals surface area contributed by atoms with Crippen molar-refractivity contribution in [2.24, 2.45) is 0 Å². The predicted octanol–water partition coefficient (Wildman–Crippen LogP) is -0.795. The maximum absolute atomic E-state index is 4.17. The Hall–Kier alpha value is -2.65. The summed E-state index contributed by atoms with van der Waals surface area (Å²) in [6.45, 7) is 1.90. The van der Waals surface area contributed by atoms with E-state index >= 15 is 0 Å². The van der Waals surface area contributed by atoms with Crippen molar-refractivity contribution in [3.05, 3.63) is 18.0 Å². The first-order chi connectivity index (χ1) is 8.33. The van der Waals surface area contributed by atoms with Crippen LogP contribution in [0.3, 0.4) is 0 Å². The van der Waals surface area contributed by atoms with Crippen molar-refractivity contribution < 1.29 is 0 Å². The summed E-state index contributed by atoms with van der Waals surface area (Å²) >= 11 is 0. The average Bonchev–Trinajstić information content (AvgIpc) is 2.99. The number of tetrazole rings is 2. The summed E-state index contributed by atoms with van der Waals surface area (Å²) in [7, 11) is 0. The molecule has 3 aromatic heterocycles. The van der Waals surface area contributed by atoms with Crippen molar-refractivity contribution >= 4 is 11.5 Å². The minimum Gasteiger partial charge on any atom is -0.359 e. The lowest BCUT2D eigenvalue weighted by atomic mass is 10.3. The molecule has 3 aromatic rings. The second kappa shape index (κ2) is 3.73. The lowest BCUT2D eigenvalue weighted by Crippen LogP contribution is -2.11. The first-order valence-electron chi connectivity index (χ1n) is 4.88. The monoisotopic (exact) mass is 232 g/mol. The second-order valence-corrected chi connectivity index (χ2v) is 3.38. The predicted molar refractivity (Wildman–Crippen MR) is 54.8 cm³/mol. The average molecular weight is 232 g/mol. The molecule has 0 fully saturated rings. The molecule has 0 bridgehead atoms. The molecule has 0 aromatic carbocycles. The lowest BCUT2D eigenvalue weighted by molar-refractivity contribution is 0.721. The van der Waals surface area contributed by atoms with Crippen LogP contribution in [0.4, 0.5) is 5.82 Å². The molecular weight excluding hydrogens is 224 g/mol. The molecule has 17 heavy (non-hydrogen) atoms. The lowest BCUT2D eigenvalue weighted by Gasteiger charge is -2.09. The van der Waals surface area contributed by atoms with Gasteiger partial charge in [0.1, 0.15) is 5.82 Å². The number of nitrogens with one attached hydrogen (secondary N) is 2. The van der Waals surface area contributed by atoms with Gasteiger partial charge in [0.15, 0.2) is 11.5 Å². The van der Waals surface area contributed by atoms with Crippen LogP contribution >= 0.6 is 0 Å². The van der Waals surface area contributed by atoms with Crippen LogP contribution in [0.15, 0.2) is 12.1 Å². The van der Waals surface area contributed by atoms with E-state index in [4.69, 9.17) is 0 Å².